The maximum absolute atomic E-state index is 13.2. The summed E-state index contributed by atoms with van der Waals surface area (Å²) in [5, 5.41) is 26.8. The largest absolute Gasteiger partial charge is 0.389 e. The SMILES string of the molecule is CCOCc1nc2c(N)nc3cc(Cc4ccc(CNC(=O)COCNC(=O)CNC(=O)[C@H](Cc5ccccc5)NC(=O)CNC(=O)CNC(=O)CCCCCN5C(=O)C=CC5=O)s4)ccc3c2n1CC(C)(C)O. The number of thiophene rings is 1. The summed E-state index contributed by atoms with van der Waals surface area (Å²) in [6.45, 7) is 4.99. The number of ether oxygens (including phenoxy) is 2. The van der Waals surface area contributed by atoms with Crippen LogP contribution in [0.5, 0.6) is 0 Å². The number of imidazole rings is 1. The number of unbranched alkanes of at least 4 members (excludes halogenated alkanes) is 2. The van der Waals surface area contributed by atoms with Crippen molar-refractivity contribution >= 4 is 86.3 Å². The van der Waals surface area contributed by atoms with E-state index in [-0.39, 0.29) is 82.5 Å². The molecule has 0 spiro atoms. The minimum absolute atomic E-state index is 0.0781. The van der Waals surface area contributed by atoms with Crippen LogP contribution in [-0.2, 0) is 80.4 Å². The molecule has 1 atom stereocenters. The molecular weight excluding hydrogens is 975 g/mol. The molecular formula is C51H63N11O11S. The standard InChI is InChI=1S/C51H63N11O11S/c1-4-72-28-39-60-47-48(62(39)30-51(2,3)71)36-17-14-33(23-37(36)59-49(47)52)21-34-15-16-35(74-34)24-53-44(67)29-73-31-57-42(65)26-56-50(70)38(22-32-11-7-5-8-12-32)58-43(66)27-55-41(64)25-54-40(63)13-9-6-10-20-61-45(68)18-19-46(61)69/h5,7-8,11-12,14-19,23,38,71H,4,6,9-10,13,20-22,24-31H2,1-3H3,(H2,52,59)(H,53,67)(H,54,63)(H,55,64)(H,56,70)(H,57,65)(H,58,66)/t38-/m0/s1. The fourth-order valence-corrected chi connectivity index (χ4v) is 8.84. The van der Waals surface area contributed by atoms with Crippen molar-refractivity contribution in [3.8, 4) is 0 Å². The number of hydrogen-bond donors (Lipinski definition) is 8. The van der Waals surface area contributed by atoms with E-state index in [4.69, 9.17) is 20.2 Å². The molecule has 1 aliphatic rings. The first-order chi connectivity index (χ1) is 35.5. The highest BCUT2D eigenvalue weighted by Crippen LogP contribution is 2.32. The zero-order valence-electron chi connectivity index (χ0n) is 41.6. The maximum Gasteiger partial charge on any atom is 0.253 e. The number of nitrogen functional groups attached to an aromatic ring is 1. The Labute approximate surface area is 431 Å². The van der Waals surface area contributed by atoms with Crippen molar-refractivity contribution in [2.75, 3.05) is 51.9 Å². The Hall–Kier alpha value is -7.60. The number of aromatic nitrogens is 3. The highest BCUT2D eigenvalue weighted by Gasteiger charge is 2.25. The van der Waals surface area contributed by atoms with E-state index in [0.717, 1.165) is 36.7 Å². The van der Waals surface area contributed by atoms with Crippen molar-refractivity contribution in [3.63, 3.8) is 0 Å². The van der Waals surface area contributed by atoms with Gasteiger partial charge in [0.15, 0.2) is 5.82 Å². The molecule has 5 aromatic rings. The van der Waals surface area contributed by atoms with Crippen LogP contribution >= 0.6 is 11.3 Å². The first-order valence-electron chi connectivity index (χ1n) is 24.2. The highest BCUT2D eigenvalue weighted by atomic mass is 32.1. The molecule has 394 valence electrons. The van der Waals surface area contributed by atoms with E-state index in [1.165, 1.54) is 12.2 Å². The van der Waals surface area contributed by atoms with E-state index >= 15 is 0 Å². The van der Waals surface area contributed by atoms with Crippen molar-refractivity contribution in [3.05, 3.63) is 99.5 Å². The molecule has 74 heavy (non-hydrogen) atoms. The molecule has 4 heterocycles. The number of fused-ring (bicyclic) bond motifs is 3. The molecule has 0 saturated heterocycles. The minimum Gasteiger partial charge on any atom is -0.389 e. The molecule has 0 radical (unpaired) electrons. The molecule has 0 aliphatic carbocycles. The summed E-state index contributed by atoms with van der Waals surface area (Å²) in [7, 11) is 0. The predicted octanol–water partition coefficient (Wildman–Crippen LogP) is 1.39. The maximum atomic E-state index is 13.2. The normalized spacial score (nSPS) is 12.8. The Morgan fingerprint density at radius 2 is 1.47 bits per heavy atom. The lowest BCUT2D eigenvalue weighted by molar-refractivity contribution is -0.137. The van der Waals surface area contributed by atoms with Gasteiger partial charge in [0.05, 0.1) is 49.4 Å². The molecule has 2 aromatic carbocycles. The van der Waals surface area contributed by atoms with Crippen LogP contribution in [0.25, 0.3) is 21.9 Å². The molecule has 0 bridgehead atoms. The van der Waals surface area contributed by atoms with Crippen LogP contribution in [0.3, 0.4) is 0 Å². The van der Waals surface area contributed by atoms with Gasteiger partial charge >= 0.3 is 0 Å². The third kappa shape index (κ3) is 17.0. The molecule has 23 heteroatoms. The number of imide groups is 1. The number of aliphatic hydroxyl groups is 1. The molecule has 0 unspecified atom stereocenters. The van der Waals surface area contributed by atoms with Gasteiger partial charge in [-0.25, -0.2) is 9.97 Å². The van der Waals surface area contributed by atoms with Crippen LogP contribution in [-0.4, -0.2) is 130 Å². The number of anilines is 1. The molecule has 9 N–H and O–H groups in total. The number of benzene rings is 2. The zero-order chi connectivity index (χ0) is 53.2. The fourth-order valence-electron chi connectivity index (χ4n) is 7.85. The molecule has 3 aromatic heterocycles. The first-order valence-corrected chi connectivity index (χ1v) is 25.0. The molecule has 0 fully saturated rings. The second-order valence-corrected chi connectivity index (χ2v) is 19.3. The lowest BCUT2D eigenvalue weighted by atomic mass is 10.1. The van der Waals surface area contributed by atoms with Gasteiger partial charge in [0.1, 0.15) is 37.3 Å². The van der Waals surface area contributed by atoms with Crippen molar-refractivity contribution in [1.29, 1.82) is 0 Å². The lowest BCUT2D eigenvalue weighted by Gasteiger charge is -2.20. The first kappa shape index (κ1) is 55.7. The van der Waals surface area contributed by atoms with Gasteiger partial charge in [-0.05, 0) is 62.9 Å². The quantitative estimate of drug-likeness (QED) is 0.0191. The second-order valence-electron chi connectivity index (χ2n) is 18.1. The minimum atomic E-state index is -1.11. The number of nitrogens with zero attached hydrogens (tertiary/aromatic N) is 4. The van der Waals surface area contributed by atoms with E-state index in [0.29, 0.717) is 49.1 Å². The number of nitrogens with one attached hydrogen (secondary N) is 6. The fraction of sp³-hybridized carbons (Fsp3) is 0.412. The van der Waals surface area contributed by atoms with Gasteiger partial charge < -0.3 is 56.8 Å². The van der Waals surface area contributed by atoms with Crippen molar-refractivity contribution < 1.29 is 52.9 Å². The van der Waals surface area contributed by atoms with Gasteiger partial charge in [-0.3, -0.25) is 43.3 Å². The number of rotatable bonds is 29. The average molecular weight is 1040 g/mol. The number of carbonyl (C=O) groups is 8. The molecule has 22 nitrogen and oxygen atoms in total. The topological polar surface area (TPSA) is 307 Å². The van der Waals surface area contributed by atoms with Crippen molar-refractivity contribution in [2.45, 2.75) is 90.6 Å². The third-order valence-corrected chi connectivity index (χ3v) is 12.5. The Balaban J connectivity index is 0.875. The summed E-state index contributed by atoms with van der Waals surface area (Å²) in [6.07, 6.45) is 4.85. The number of amides is 8. The number of nitrogens with two attached hydrogens (primary N) is 1. The smallest absolute Gasteiger partial charge is 0.253 e. The van der Waals surface area contributed by atoms with Crippen LogP contribution in [0, 0.1) is 0 Å². The highest BCUT2D eigenvalue weighted by molar-refractivity contribution is 7.12. The molecule has 8 amide bonds. The zero-order valence-corrected chi connectivity index (χ0v) is 42.4. The van der Waals surface area contributed by atoms with Crippen LogP contribution in [0.1, 0.15) is 73.2 Å². The summed E-state index contributed by atoms with van der Waals surface area (Å²) < 4.78 is 13.0. The lowest BCUT2D eigenvalue weighted by Crippen LogP contribution is -2.52. The van der Waals surface area contributed by atoms with Crippen LogP contribution in [0.2, 0.25) is 0 Å². The van der Waals surface area contributed by atoms with Crippen LogP contribution in [0.15, 0.2) is 72.8 Å². The van der Waals surface area contributed by atoms with Gasteiger partial charge in [-0.15, -0.1) is 11.3 Å². The predicted molar refractivity (Wildman–Crippen MR) is 274 cm³/mol. The number of hydrogen-bond acceptors (Lipinski definition) is 15. The monoisotopic (exact) mass is 1040 g/mol. The Bertz CT molecular complexity index is 2840. The van der Waals surface area contributed by atoms with Crippen LogP contribution in [0.4, 0.5) is 5.82 Å². The number of pyridine rings is 1. The van der Waals surface area contributed by atoms with Gasteiger partial charge in [0, 0.05) is 59.7 Å². The van der Waals surface area contributed by atoms with E-state index in [9.17, 15) is 43.5 Å². The van der Waals surface area contributed by atoms with Gasteiger partial charge in [-0.1, -0.05) is 48.9 Å². The average Bonchev–Trinajstić information content (AvgIpc) is 4.07. The van der Waals surface area contributed by atoms with E-state index < -0.39 is 54.3 Å². The molecule has 0 saturated carbocycles. The molecule has 1 aliphatic heterocycles. The summed E-state index contributed by atoms with van der Waals surface area (Å²) >= 11 is 1.54. The molecule has 6 rings (SSSR count). The van der Waals surface area contributed by atoms with E-state index in [1.807, 2.05) is 41.8 Å². The third-order valence-electron chi connectivity index (χ3n) is 11.4. The van der Waals surface area contributed by atoms with E-state index in [1.54, 1.807) is 55.5 Å². The van der Waals surface area contributed by atoms with Gasteiger partial charge in [0.2, 0.25) is 35.4 Å². The summed E-state index contributed by atoms with van der Waals surface area (Å²) in [5.41, 5.74) is 9.17. The Morgan fingerprint density at radius 1 is 0.770 bits per heavy atom. The van der Waals surface area contributed by atoms with Gasteiger partial charge in [-0.2, -0.15) is 0 Å². The van der Waals surface area contributed by atoms with E-state index in [2.05, 4.69) is 36.9 Å². The van der Waals surface area contributed by atoms with Crippen molar-refractivity contribution in [1.82, 2.24) is 51.3 Å². The van der Waals surface area contributed by atoms with Gasteiger partial charge in [0.25, 0.3) is 11.8 Å². The van der Waals surface area contributed by atoms with Crippen molar-refractivity contribution in [2.24, 2.45) is 0 Å². The summed E-state index contributed by atoms with van der Waals surface area (Å²) in [5.74, 6) is -3.16. The summed E-state index contributed by atoms with van der Waals surface area (Å²) in [4.78, 5) is 112. The Kier molecular flexibility index (Phi) is 20.3. The summed E-state index contributed by atoms with van der Waals surface area (Å²) in [6, 6.07) is 17.7. The second kappa shape index (κ2) is 26.9. The van der Waals surface area contributed by atoms with Crippen LogP contribution < -0.4 is 37.6 Å². The Morgan fingerprint density at radius 3 is 2.22 bits per heavy atom. The number of carbonyl (C=O) groups excluding carboxylic acids is 8.